The molecule has 0 saturated carbocycles. The van der Waals surface area contributed by atoms with Crippen molar-refractivity contribution in [1.29, 1.82) is 0 Å². The summed E-state index contributed by atoms with van der Waals surface area (Å²) in [6.45, 7) is 1.45. The van der Waals surface area contributed by atoms with Gasteiger partial charge in [-0.2, -0.15) is 0 Å². The molecule has 0 bridgehead atoms. The van der Waals surface area contributed by atoms with E-state index in [0.29, 0.717) is 13.0 Å². The number of carbonyl (C=O) groups is 2. The maximum atomic E-state index is 12.5. The van der Waals surface area contributed by atoms with E-state index in [1.807, 2.05) is 24.3 Å². The van der Waals surface area contributed by atoms with Crippen molar-refractivity contribution >= 4 is 46.6 Å². The largest absolute Gasteiger partial charge is 0.505 e. The molecule has 5 nitrogen and oxygen atoms in total. The van der Waals surface area contributed by atoms with Gasteiger partial charge >= 0.3 is 0 Å². The number of nitrogens with one attached hydrogen (secondary N) is 1. The first-order valence-corrected chi connectivity index (χ1v) is 9.51. The lowest BCUT2D eigenvalue weighted by atomic mass is 10.1. The highest BCUT2D eigenvalue weighted by atomic mass is 35.5. The van der Waals surface area contributed by atoms with Gasteiger partial charge in [-0.3, -0.25) is 9.59 Å². The summed E-state index contributed by atoms with van der Waals surface area (Å²) in [7, 11) is 0. The van der Waals surface area contributed by atoms with E-state index in [-0.39, 0.29) is 33.1 Å². The molecule has 2 amide bonds. The van der Waals surface area contributed by atoms with Crippen LogP contribution >= 0.6 is 34.8 Å². The van der Waals surface area contributed by atoms with Gasteiger partial charge in [0.15, 0.2) is 0 Å². The highest BCUT2D eigenvalue weighted by Crippen LogP contribution is 2.38. The molecule has 0 spiro atoms. The lowest BCUT2D eigenvalue weighted by Crippen LogP contribution is -2.27. The first kappa shape index (κ1) is 19.8. The topological polar surface area (TPSA) is 69.6 Å². The molecule has 8 heteroatoms. The number of benzene rings is 2. The molecule has 0 atom stereocenters. The fourth-order valence-corrected chi connectivity index (χ4v) is 3.71. The monoisotopic (exact) mass is 426 g/mol. The third-order valence-electron chi connectivity index (χ3n) is 4.46. The van der Waals surface area contributed by atoms with E-state index in [4.69, 9.17) is 34.8 Å². The number of hydrogen-bond donors (Lipinski definition) is 2. The number of phenols is 1. The van der Waals surface area contributed by atoms with E-state index < -0.39 is 11.7 Å². The van der Waals surface area contributed by atoms with Gasteiger partial charge in [-0.05, 0) is 23.6 Å². The van der Waals surface area contributed by atoms with Crippen LogP contribution in [0.3, 0.4) is 0 Å². The average Bonchev–Trinajstić information content (AvgIpc) is 3.04. The van der Waals surface area contributed by atoms with Gasteiger partial charge in [0.2, 0.25) is 5.91 Å². The van der Waals surface area contributed by atoms with Gasteiger partial charge in [-0.1, -0.05) is 59.1 Å². The summed E-state index contributed by atoms with van der Waals surface area (Å²) in [5.74, 6) is -0.868. The number of halogens is 3. The molecule has 1 aliphatic rings. The van der Waals surface area contributed by atoms with Gasteiger partial charge in [0.05, 0.1) is 15.1 Å². The molecule has 0 unspecified atom stereocenters. The Balaban J connectivity index is 1.76. The van der Waals surface area contributed by atoms with Gasteiger partial charge in [-0.15, -0.1) is 0 Å². The standard InChI is InChI=1S/C19H17Cl3N2O3/c20-13-8-14(21)18(26)16(17(13)22)19(27)23-9-11-4-1-2-5-12(11)10-24-7-3-6-15(24)25/h1-2,4-5,8,26H,3,6-7,9-10H2,(H,23,27). The minimum absolute atomic E-state index is 0.0532. The van der Waals surface area contributed by atoms with Crippen LogP contribution in [-0.2, 0) is 17.9 Å². The quantitative estimate of drug-likeness (QED) is 0.695. The molecule has 0 aromatic heterocycles. The van der Waals surface area contributed by atoms with E-state index in [1.54, 1.807) is 4.90 Å². The van der Waals surface area contributed by atoms with Crippen LogP contribution in [0.25, 0.3) is 0 Å². The Morgan fingerprint density at radius 1 is 1.15 bits per heavy atom. The van der Waals surface area contributed by atoms with Crippen molar-refractivity contribution in [2.24, 2.45) is 0 Å². The van der Waals surface area contributed by atoms with Crippen LogP contribution in [-0.4, -0.2) is 28.4 Å². The second-order valence-corrected chi connectivity index (χ2v) is 7.44. The van der Waals surface area contributed by atoms with Crippen LogP contribution in [0.2, 0.25) is 15.1 Å². The minimum atomic E-state index is -0.589. The number of hydrogen-bond acceptors (Lipinski definition) is 3. The molecular formula is C19H17Cl3N2O3. The summed E-state index contributed by atoms with van der Waals surface area (Å²) < 4.78 is 0. The van der Waals surface area contributed by atoms with E-state index in [9.17, 15) is 14.7 Å². The molecule has 0 aliphatic carbocycles. The first-order valence-electron chi connectivity index (χ1n) is 8.37. The van der Waals surface area contributed by atoms with Crippen molar-refractivity contribution in [3.8, 4) is 5.75 Å². The summed E-state index contributed by atoms with van der Waals surface area (Å²) in [5, 5.41) is 12.8. The number of aromatic hydroxyl groups is 1. The number of phenolic OH excluding ortho intramolecular Hbond substituents is 1. The molecule has 1 saturated heterocycles. The van der Waals surface area contributed by atoms with Crippen molar-refractivity contribution in [3.63, 3.8) is 0 Å². The van der Waals surface area contributed by atoms with E-state index in [2.05, 4.69) is 5.32 Å². The second-order valence-electron chi connectivity index (χ2n) is 6.25. The van der Waals surface area contributed by atoms with Crippen LogP contribution in [0.4, 0.5) is 0 Å². The van der Waals surface area contributed by atoms with Crippen molar-refractivity contribution in [3.05, 3.63) is 62.1 Å². The normalized spacial score (nSPS) is 13.9. The van der Waals surface area contributed by atoms with Gasteiger partial charge in [0.1, 0.15) is 11.3 Å². The Hall–Kier alpha value is -1.95. The average molecular weight is 428 g/mol. The molecule has 2 aromatic carbocycles. The summed E-state index contributed by atoms with van der Waals surface area (Å²) >= 11 is 17.9. The number of amides is 2. The summed E-state index contributed by atoms with van der Waals surface area (Å²) in [5.41, 5.74) is 1.66. The first-order chi connectivity index (χ1) is 12.9. The Morgan fingerprint density at radius 2 is 1.85 bits per heavy atom. The molecule has 2 N–H and O–H groups in total. The molecule has 2 aromatic rings. The fourth-order valence-electron chi connectivity index (χ4n) is 3.02. The van der Waals surface area contributed by atoms with Crippen LogP contribution in [0.1, 0.15) is 34.3 Å². The molecule has 3 rings (SSSR count). The summed E-state index contributed by atoms with van der Waals surface area (Å²) in [6, 6.07) is 8.83. The Kier molecular flexibility index (Phi) is 6.15. The van der Waals surface area contributed by atoms with Crippen LogP contribution in [0.5, 0.6) is 5.75 Å². The maximum absolute atomic E-state index is 12.5. The van der Waals surface area contributed by atoms with Gasteiger partial charge in [0.25, 0.3) is 5.91 Å². The van der Waals surface area contributed by atoms with E-state index in [0.717, 1.165) is 24.1 Å². The fraction of sp³-hybridized carbons (Fsp3) is 0.263. The molecular weight excluding hydrogens is 411 g/mol. The summed E-state index contributed by atoms with van der Waals surface area (Å²) in [4.78, 5) is 26.2. The number of rotatable bonds is 5. The van der Waals surface area contributed by atoms with Crippen molar-refractivity contribution in [2.45, 2.75) is 25.9 Å². The molecule has 142 valence electrons. The number of carbonyl (C=O) groups excluding carboxylic acids is 2. The Bertz CT molecular complexity index is 876. The SMILES string of the molecule is O=C(NCc1ccccc1CN1CCCC1=O)c1c(O)c(Cl)cc(Cl)c1Cl. The zero-order valence-corrected chi connectivity index (χ0v) is 16.5. The van der Waals surface area contributed by atoms with Gasteiger partial charge in [0, 0.05) is 26.1 Å². The lowest BCUT2D eigenvalue weighted by molar-refractivity contribution is -0.128. The lowest BCUT2D eigenvalue weighted by Gasteiger charge is -2.18. The predicted octanol–water partition coefficient (Wildman–Crippen LogP) is 4.40. The predicted molar refractivity (Wildman–Crippen MR) is 105 cm³/mol. The molecule has 0 radical (unpaired) electrons. The highest BCUT2D eigenvalue weighted by Gasteiger charge is 2.23. The highest BCUT2D eigenvalue weighted by molar-refractivity contribution is 6.45. The van der Waals surface area contributed by atoms with Crippen molar-refractivity contribution in [1.82, 2.24) is 10.2 Å². The molecule has 1 fully saturated rings. The zero-order chi connectivity index (χ0) is 19.6. The number of likely N-dealkylation sites (tertiary alicyclic amines) is 1. The molecule has 1 aliphatic heterocycles. The minimum Gasteiger partial charge on any atom is -0.505 e. The van der Waals surface area contributed by atoms with Crippen LogP contribution in [0.15, 0.2) is 30.3 Å². The van der Waals surface area contributed by atoms with E-state index in [1.165, 1.54) is 6.07 Å². The van der Waals surface area contributed by atoms with Crippen molar-refractivity contribution in [2.75, 3.05) is 6.54 Å². The smallest absolute Gasteiger partial charge is 0.256 e. The zero-order valence-electron chi connectivity index (χ0n) is 14.3. The molecule has 1 heterocycles. The van der Waals surface area contributed by atoms with Crippen LogP contribution in [0, 0.1) is 0 Å². The Labute approximate surface area is 171 Å². The van der Waals surface area contributed by atoms with Crippen molar-refractivity contribution < 1.29 is 14.7 Å². The number of nitrogens with zero attached hydrogens (tertiary/aromatic N) is 1. The molecule has 27 heavy (non-hydrogen) atoms. The van der Waals surface area contributed by atoms with Gasteiger partial charge < -0.3 is 15.3 Å². The van der Waals surface area contributed by atoms with Crippen LogP contribution < -0.4 is 5.32 Å². The van der Waals surface area contributed by atoms with Gasteiger partial charge in [-0.25, -0.2) is 0 Å². The van der Waals surface area contributed by atoms with E-state index >= 15 is 0 Å². The maximum Gasteiger partial charge on any atom is 0.256 e. The third-order valence-corrected chi connectivity index (χ3v) is 5.54. The third kappa shape index (κ3) is 4.32. The summed E-state index contributed by atoms with van der Waals surface area (Å²) in [6.07, 6.45) is 1.44. The second kappa shape index (κ2) is 8.38. The Morgan fingerprint density at radius 3 is 2.52 bits per heavy atom.